The summed E-state index contributed by atoms with van der Waals surface area (Å²) in [6, 6.07) is 8.43. The van der Waals surface area contributed by atoms with Gasteiger partial charge >= 0.3 is 0 Å². The number of thiol groups is 1. The highest BCUT2D eigenvalue weighted by molar-refractivity contribution is 7.80. The molecule has 0 saturated carbocycles. The Bertz CT molecular complexity index is 1020. The first-order chi connectivity index (χ1) is 12.5. The molecule has 136 valence electrons. The summed E-state index contributed by atoms with van der Waals surface area (Å²) in [5, 5.41) is 0.516. The molecule has 0 aliphatic rings. The van der Waals surface area contributed by atoms with Gasteiger partial charge in [-0.2, -0.15) is 0 Å². The number of hydrogen-bond acceptors (Lipinski definition) is 7. The molecule has 0 amide bonds. The molecule has 0 spiro atoms. The van der Waals surface area contributed by atoms with Crippen LogP contribution in [-0.4, -0.2) is 28.4 Å². The van der Waals surface area contributed by atoms with Gasteiger partial charge in [0.2, 0.25) is 5.43 Å². The Balaban J connectivity index is 2.32. The third-order valence-electron chi connectivity index (χ3n) is 4.04. The molecule has 26 heavy (non-hydrogen) atoms. The highest BCUT2D eigenvalue weighted by Crippen LogP contribution is 2.37. The Hall–Kier alpha value is -2.80. The minimum Gasteiger partial charge on any atom is -0.497 e. The Labute approximate surface area is 155 Å². The zero-order chi connectivity index (χ0) is 18.8. The third-order valence-corrected chi connectivity index (χ3v) is 4.36. The van der Waals surface area contributed by atoms with Crippen molar-refractivity contribution in [1.29, 1.82) is 0 Å². The molecule has 2 aromatic carbocycles. The summed E-state index contributed by atoms with van der Waals surface area (Å²) < 4.78 is 26.9. The van der Waals surface area contributed by atoms with Crippen LogP contribution in [0.15, 0.2) is 44.6 Å². The first kappa shape index (κ1) is 18.0. The van der Waals surface area contributed by atoms with Crippen LogP contribution in [-0.2, 0) is 0 Å². The van der Waals surface area contributed by atoms with E-state index in [-0.39, 0.29) is 10.5 Å². The van der Waals surface area contributed by atoms with Gasteiger partial charge in [0.05, 0.1) is 39.4 Å². The zero-order valence-corrected chi connectivity index (χ0v) is 15.7. The van der Waals surface area contributed by atoms with Crippen molar-refractivity contribution in [1.82, 2.24) is 0 Å². The fraction of sp³-hybridized carbons (Fsp3) is 0.211. The summed E-state index contributed by atoms with van der Waals surface area (Å²) in [6.07, 6.45) is 0. The first-order valence-corrected chi connectivity index (χ1v) is 8.13. The van der Waals surface area contributed by atoms with Gasteiger partial charge in [0, 0.05) is 6.07 Å². The van der Waals surface area contributed by atoms with Crippen LogP contribution in [0.2, 0.25) is 0 Å². The molecule has 3 aromatic rings. The van der Waals surface area contributed by atoms with Gasteiger partial charge in [0.1, 0.15) is 5.75 Å². The van der Waals surface area contributed by atoms with Gasteiger partial charge in [-0.05, 0) is 23.8 Å². The maximum Gasteiger partial charge on any atom is 0.201 e. The van der Waals surface area contributed by atoms with E-state index >= 15 is 0 Å². The number of benzene rings is 2. The monoisotopic (exact) mass is 374 g/mol. The molecule has 1 heterocycles. The molecule has 0 aliphatic heterocycles. The highest BCUT2D eigenvalue weighted by atomic mass is 32.1. The summed E-state index contributed by atoms with van der Waals surface area (Å²) >= 11 is 4.38. The Morgan fingerprint density at radius 3 is 2.15 bits per heavy atom. The van der Waals surface area contributed by atoms with E-state index in [2.05, 4.69) is 12.6 Å². The first-order valence-electron chi connectivity index (χ1n) is 7.68. The predicted octanol–water partition coefficient (Wildman–Crippen LogP) is 3.78. The number of fused-ring (bicyclic) bond motifs is 1. The molecule has 7 heteroatoms. The van der Waals surface area contributed by atoms with Gasteiger partial charge in [-0.25, -0.2) is 0 Å². The van der Waals surface area contributed by atoms with Gasteiger partial charge in [-0.15, -0.1) is 12.6 Å². The Kier molecular flexibility index (Phi) is 4.99. The number of rotatable bonds is 5. The van der Waals surface area contributed by atoms with Crippen molar-refractivity contribution >= 4 is 23.6 Å². The van der Waals surface area contributed by atoms with Crippen LogP contribution >= 0.6 is 12.6 Å². The molecule has 1 aromatic heterocycles. The predicted molar refractivity (Wildman–Crippen MR) is 101 cm³/mol. The summed E-state index contributed by atoms with van der Waals surface area (Å²) in [6.45, 7) is 0. The van der Waals surface area contributed by atoms with Gasteiger partial charge in [0.15, 0.2) is 27.9 Å². The van der Waals surface area contributed by atoms with E-state index in [1.54, 1.807) is 37.4 Å². The van der Waals surface area contributed by atoms with Gasteiger partial charge in [0.25, 0.3) is 0 Å². The van der Waals surface area contributed by atoms with Gasteiger partial charge in [-0.1, -0.05) is 6.07 Å². The standard InChI is InChI=1S/C19H18O6S/c1-21-11-8-12-17(20)16(19(26)25-18(12)15(9-11)24-4)10-5-6-13(22-2)14(7-10)23-3/h5-9,26H,1-4H3. The number of methoxy groups -OCH3 is 4. The minimum atomic E-state index is -0.249. The average Bonchev–Trinajstić information content (AvgIpc) is 2.67. The van der Waals surface area contributed by atoms with Crippen molar-refractivity contribution in [2.75, 3.05) is 28.4 Å². The second kappa shape index (κ2) is 7.21. The maximum absolute atomic E-state index is 13.1. The van der Waals surface area contributed by atoms with Crippen LogP contribution in [0.5, 0.6) is 23.0 Å². The van der Waals surface area contributed by atoms with Crippen LogP contribution in [0.1, 0.15) is 0 Å². The van der Waals surface area contributed by atoms with Crippen molar-refractivity contribution in [3.05, 3.63) is 40.6 Å². The van der Waals surface area contributed by atoms with Crippen molar-refractivity contribution in [2.24, 2.45) is 0 Å². The lowest BCUT2D eigenvalue weighted by Crippen LogP contribution is -2.07. The normalized spacial score (nSPS) is 10.7. The number of hydrogen-bond donors (Lipinski definition) is 1. The fourth-order valence-corrected chi connectivity index (χ4v) is 3.07. The van der Waals surface area contributed by atoms with Crippen LogP contribution < -0.4 is 24.4 Å². The van der Waals surface area contributed by atoms with E-state index in [1.165, 1.54) is 21.3 Å². The lowest BCUT2D eigenvalue weighted by Gasteiger charge is -2.12. The van der Waals surface area contributed by atoms with Crippen LogP contribution in [0, 0.1) is 0 Å². The lowest BCUT2D eigenvalue weighted by molar-refractivity contribution is 0.355. The topological polar surface area (TPSA) is 67.1 Å². The molecule has 0 saturated heterocycles. The minimum absolute atomic E-state index is 0.179. The molecular formula is C19H18O6S. The summed E-state index contributed by atoms with van der Waals surface area (Å²) in [7, 11) is 6.09. The maximum atomic E-state index is 13.1. The van der Waals surface area contributed by atoms with Crippen LogP contribution in [0.3, 0.4) is 0 Å². The van der Waals surface area contributed by atoms with Crippen molar-refractivity contribution in [3.8, 4) is 34.1 Å². The quantitative estimate of drug-likeness (QED) is 0.686. The van der Waals surface area contributed by atoms with E-state index in [9.17, 15) is 4.79 Å². The number of ether oxygens (including phenoxy) is 4. The molecule has 0 fully saturated rings. The lowest BCUT2D eigenvalue weighted by atomic mass is 10.0. The fourth-order valence-electron chi connectivity index (χ4n) is 2.75. The van der Waals surface area contributed by atoms with Crippen molar-refractivity contribution < 1.29 is 23.4 Å². The molecule has 6 nitrogen and oxygen atoms in total. The SMILES string of the molecule is COc1cc(OC)c2oc(S)c(-c3ccc(OC)c(OC)c3)c(=O)c2c1. The van der Waals surface area contributed by atoms with E-state index in [1.807, 2.05) is 0 Å². The van der Waals surface area contributed by atoms with Gasteiger partial charge in [-0.3, -0.25) is 4.79 Å². The molecule has 0 N–H and O–H groups in total. The van der Waals surface area contributed by atoms with Crippen LogP contribution in [0.4, 0.5) is 0 Å². The van der Waals surface area contributed by atoms with E-state index < -0.39 is 0 Å². The third kappa shape index (κ3) is 2.94. The summed E-state index contributed by atoms with van der Waals surface area (Å²) in [5.41, 5.74) is 0.982. The smallest absolute Gasteiger partial charge is 0.201 e. The van der Waals surface area contributed by atoms with E-state index in [4.69, 9.17) is 23.4 Å². The highest BCUT2D eigenvalue weighted by Gasteiger charge is 2.19. The molecule has 0 aliphatic carbocycles. The second-order valence-corrected chi connectivity index (χ2v) is 5.79. The van der Waals surface area contributed by atoms with E-state index in [0.717, 1.165) is 0 Å². The Morgan fingerprint density at radius 2 is 1.54 bits per heavy atom. The second-order valence-electron chi connectivity index (χ2n) is 5.39. The summed E-state index contributed by atoms with van der Waals surface area (Å²) in [4.78, 5) is 13.1. The molecule has 0 radical (unpaired) electrons. The largest absolute Gasteiger partial charge is 0.497 e. The molecule has 3 rings (SSSR count). The summed E-state index contributed by atoms with van der Waals surface area (Å²) in [5.74, 6) is 1.95. The van der Waals surface area contributed by atoms with Crippen molar-refractivity contribution in [2.45, 2.75) is 5.09 Å². The molecule has 0 unspecified atom stereocenters. The molecular weight excluding hydrogens is 356 g/mol. The van der Waals surface area contributed by atoms with Crippen LogP contribution in [0.25, 0.3) is 22.1 Å². The van der Waals surface area contributed by atoms with Gasteiger partial charge < -0.3 is 23.4 Å². The molecule has 0 bridgehead atoms. The van der Waals surface area contributed by atoms with E-state index in [0.29, 0.717) is 45.1 Å². The Morgan fingerprint density at radius 1 is 0.846 bits per heavy atom. The zero-order valence-electron chi connectivity index (χ0n) is 14.8. The molecule has 0 atom stereocenters. The average molecular weight is 374 g/mol. The van der Waals surface area contributed by atoms with Crippen molar-refractivity contribution in [3.63, 3.8) is 0 Å².